The van der Waals surface area contributed by atoms with Gasteiger partial charge in [-0.05, 0) is 63.5 Å². The van der Waals surface area contributed by atoms with E-state index >= 15 is 0 Å². The van der Waals surface area contributed by atoms with Crippen LogP contribution in [0.2, 0.25) is 0 Å². The molecule has 13 aromatic rings. The zero-order chi connectivity index (χ0) is 49.2. The molecule has 4 heterocycles. The van der Waals surface area contributed by atoms with E-state index in [-0.39, 0.29) is 20.4 Å². The zero-order valence-electron chi connectivity index (χ0n) is 41.0. The van der Waals surface area contributed by atoms with Crippen molar-refractivity contribution in [2.75, 3.05) is 4.90 Å². The smallest absolute Gasteiger partial charge is 0.367 e. The van der Waals surface area contributed by atoms with Gasteiger partial charge in [-0.25, -0.2) is 4.98 Å². The molecule has 10 aromatic carbocycles. The maximum absolute atomic E-state index is 5.64. The molecule has 5 nitrogen and oxygen atoms in total. The minimum Gasteiger partial charge on any atom is -0.367 e. The van der Waals surface area contributed by atoms with Crippen molar-refractivity contribution in [2.45, 2.75) is 5.41 Å². The fourth-order valence-corrected chi connectivity index (χ4v) is 16.9. The quantitative estimate of drug-likeness (QED) is 0.0821. The van der Waals surface area contributed by atoms with Gasteiger partial charge in [0.2, 0.25) is 0 Å². The van der Waals surface area contributed by atoms with Crippen LogP contribution in [0.3, 0.4) is 0 Å². The second-order valence-corrected chi connectivity index (χ2v) is 22.9. The minimum absolute atomic E-state index is 0. The van der Waals surface area contributed by atoms with Crippen LogP contribution in [0.5, 0.6) is 0 Å². The molecule has 0 bridgehead atoms. The van der Waals surface area contributed by atoms with Gasteiger partial charge in [0.25, 0.3) is 0 Å². The molecule has 358 valence electrons. The number of aryl methyl sites for hydroxylation is 1. The molecule has 7 heteroatoms. The van der Waals surface area contributed by atoms with E-state index < -0.39 is 13.5 Å². The van der Waals surface area contributed by atoms with Gasteiger partial charge in [0.15, 0.2) is 0 Å². The second kappa shape index (κ2) is 18.7. The van der Waals surface area contributed by atoms with Crippen LogP contribution >= 0.6 is 0 Å². The third-order valence-corrected chi connectivity index (χ3v) is 19.9. The van der Waals surface area contributed by atoms with Crippen molar-refractivity contribution in [1.29, 1.82) is 0 Å². The molecule has 0 N–H and O–H groups in total. The van der Waals surface area contributed by atoms with E-state index in [1.54, 1.807) is 0 Å². The van der Waals surface area contributed by atoms with E-state index in [2.05, 4.69) is 294 Å². The molecule has 75 heavy (non-hydrogen) atoms. The standard InChI is InChI=1S/C68H47N5Si.Pd/c1-71-62-44-22-19-41-59(62)70-66(71)48-25-23-37-55(45-48)74(53-33-13-5-14-34-53,54-35-15-6-16-36-54)56-38-24-32-52(46-56)73-60-42-20-17-39-57(60)64-65-63(47-69-67(64)73)72(51-30-11-4-12-31-51)61-43-21-18-40-58(61)68(65,49-26-7-2-8-27-49)50-28-9-3-10-29-50;/h2-44,47H,1H3;/q-2;+2. The van der Waals surface area contributed by atoms with Crippen molar-refractivity contribution in [1.82, 2.24) is 19.1 Å². The number of anilines is 3. The van der Waals surface area contributed by atoms with Gasteiger partial charge in [-0.2, -0.15) is 23.4 Å². The van der Waals surface area contributed by atoms with Crippen LogP contribution in [-0.2, 0) is 32.9 Å². The number of hydrogen-bond acceptors (Lipinski definition) is 3. The normalized spacial score (nSPS) is 12.8. The molecule has 1 aliphatic rings. The van der Waals surface area contributed by atoms with Crippen LogP contribution in [-0.4, -0.2) is 27.2 Å². The third-order valence-electron chi connectivity index (χ3n) is 15.3. The Hall–Kier alpha value is -8.70. The van der Waals surface area contributed by atoms with Gasteiger partial charge in [0.1, 0.15) is 13.7 Å². The monoisotopic (exact) mass is 1070 g/mol. The number of benzene rings is 10. The van der Waals surface area contributed by atoms with Gasteiger partial charge >= 0.3 is 20.4 Å². The van der Waals surface area contributed by atoms with Gasteiger partial charge in [-0.15, -0.1) is 41.1 Å². The average molecular weight is 1070 g/mol. The molecule has 0 saturated carbocycles. The number of nitrogens with zero attached hydrogens (tertiary/aromatic N) is 5. The number of imidazole rings is 1. The van der Waals surface area contributed by atoms with Crippen LogP contribution in [0.4, 0.5) is 17.1 Å². The Morgan fingerprint density at radius 3 is 1.69 bits per heavy atom. The molecule has 0 aliphatic carbocycles. The SMILES string of the molecule is Cn1c(-c2[c-]c([Si](c3[c-]c(-n4c5ccccc5c5c6c(cnc54)N(c4ccccc4)c4ccccc4C6(c4ccccc4)c4ccccc4)ccc3)(c3ccccc3)c3ccccc3)ccc2)nc2ccccc21.[Pd+2]. The average Bonchev–Trinajstić information content (AvgIpc) is 4.18. The Kier molecular flexibility index (Phi) is 11.5. The molecule has 0 fully saturated rings. The van der Waals surface area contributed by atoms with Crippen molar-refractivity contribution < 1.29 is 20.4 Å². The third kappa shape index (κ3) is 7.00. The predicted molar refractivity (Wildman–Crippen MR) is 306 cm³/mol. The summed E-state index contributed by atoms with van der Waals surface area (Å²) in [5.41, 5.74) is 13.0. The molecule has 0 atom stereocenters. The van der Waals surface area contributed by atoms with Crippen LogP contribution in [0.1, 0.15) is 22.3 Å². The van der Waals surface area contributed by atoms with Crippen molar-refractivity contribution >= 4 is 78.9 Å². The predicted octanol–water partition coefficient (Wildman–Crippen LogP) is 12.9. The van der Waals surface area contributed by atoms with Gasteiger partial charge in [-0.1, -0.05) is 194 Å². The Morgan fingerprint density at radius 1 is 0.480 bits per heavy atom. The molecule has 0 unspecified atom stereocenters. The first kappa shape index (κ1) is 46.1. The summed E-state index contributed by atoms with van der Waals surface area (Å²) in [5, 5.41) is 6.93. The zero-order valence-corrected chi connectivity index (χ0v) is 43.5. The number of para-hydroxylation sites is 5. The van der Waals surface area contributed by atoms with Crippen LogP contribution in [0.25, 0.3) is 50.0 Å². The molecular formula is C68H47N5PdSi. The molecule has 0 radical (unpaired) electrons. The van der Waals surface area contributed by atoms with E-state index in [9.17, 15) is 0 Å². The van der Waals surface area contributed by atoms with Gasteiger partial charge < -0.3 is 14.0 Å². The van der Waals surface area contributed by atoms with Crippen molar-refractivity contribution in [3.63, 3.8) is 0 Å². The summed E-state index contributed by atoms with van der Waals surface area (Å²) in [6.45, 7) is 0. The summed E-state index contributed by atoms with van der Waals surface area (Å²) in [7, 11) is -1.11. The van der Waals surface area contributed by atoms with E-state index in [4.69, 9.17) is 9.97 Å². The fraction of sp³-hybridized carbons (Fsp3) is 0.0294. The van der Waals surface area contributed by atoms with Gasteiger partial charge in [0.05, 0.1) is 45.4 Å². The number of hydrogen-bond donors (Lipinski definition) is 0. The Bertz CT molecular complexity index is 4140. The number of fused-ring (bicyclic) bond motifs is 7. The largest absolute Gasteiger partial charge is 2.00 e. The molecular weight excluding hydrogens is 1020 g/mol. The number of aromatic nitrogens is 4. The topological polar surface area (TPSA) is 38.9 Å². The molecule has 1 aliphatic heterocycles. The molecule has 0 amide bonds. The van der Waals surface area contributed by atoms with Crippen molar-refractivity contribution in [3.8, 4) is 17.1 Å². The summed E-state index contributed by atoms with van der Waals surface area (Å²) < 4.78 is 4.54. The Morgan fingerprint density at radius 2 is 1.03 bits per heavy atom. The first-order valence-electron chi connectivity index (χ1n) is 25.2. The maximum atomic E-state index is 5.64. The Balaban J connectivity index is 0.00000541. The number of rotatable bonds is 9. The summed E-state index contributed by atoms with van der Waals surface area (Å²) in [5.74, 6) is 0.880. The van der Waals surface area contributed by atoms with E-state index in [0.29, 0.717) is 0 Å². The van der Waals surface area contributed by atoms with Crippen LogP contribution in [0.15, 0.2) is 267 Å². The first-order chi connectivity index (χ1) is 36.7. The molecule has 0 saturated heterocycles. The maximum Gasteiger partial charge on any atom is 2.00 e. The fourth-order valence-electron chi connectivity index (χ4n) is 12.3. The van der Waals surface area contributed by atoms with Crippen LogP contribution in [0, 0.1) is 12.1 Å². The Labute approximate surface area is 451 Å². The van der Waals surface area contributed by atoms with Crippen LogP contribution < -0.4 is 25.6 Å². The summed E-state index contributed by atoms with van der Waals surface area (Å²) >= 11 is 0. The minimum atomic E-state index is -3.21. The summed E-state index contributed by atoms with van der Waals surface area (Å²) in [4.78, 5) is 13.2. The second-order valence-electron chi connectivity index (χ2n) is 19.1. The van der Waals surface area contributed by atoms with Gasteiger partial charge in [-0.3, -0.25) is 4.98 Å². The van der Waals surface area contributed by atoms with E-state index in [0.717, 1.165) is 77.5 Å². The molecule has 3 aromatic heterocycles. The van der Waals surface area contributed by atoms with Crippen molar-refractivity contribution in [3.05, 3.63) is 301 Å². The molecule has 0 spiro atoms. The summed E-state index contributed by atoms with van der Waals surface area (Å²) in [6, 6.07) is 103. The van der Waals surface area contributed by atoms with E-state index in [1.165, 1.54) is 32.6 Å². The van der Waals surface area contributed by atoms with Gasteiger partial charge in [0, 0.05) is 29.1 Å². The number of pyridine rings is 1. The molecule has 14 rings (SSSR count). The van der Waals surface area contributed by atoms with E-state index in [1.807, 2.05) is 6.07 Å². The first-order valence-corrected chi connectivity index (χ1v) is 27.2. The summed E-state index contributed by atoms with van der Waals surface area (Å²) in [6.07, 6.45) is 2.12. The van der Waals surface area contributed by atoms with Crippen molar-refractivity contribution in [2.24, 2.45) is 7.05 Å².